The molecule has 2 aromatic heterocycles. The number of rotatable bonds is 7. The Hall–Kier alpha value is -3.42. The second kappa shape index (κ2) is 9.60. The van der Waals surface area contributed by atoms with Gasteiger partial charge in [-0.2, -0.15) is 0 Å². The molecule has 0 saturated carbocycles. The van der Waals surface area contributed by atoms with Crippen molar-refractivity contribution in [3.8, 4) is 11.1 Å². The highest BCUT2D eigenvalue weighted by Gasteiger charge is 2.15. The van der Waals surface area contributed by atoms with Gasteiger partial charge in [0.25, 0.3) is 0 Å². The standard InChI is InChI=1S/C25H27ClN6O/c1-4-18(33)13-30-25-28-11-17(12-29-25)16-7-8-20-19(10-16)23(22(26)24(27)32-20)31-21-9-14(2)5-6-15(21)3/h5-12,18,33H,4,13H2,1-3H3,(H3,27,31,32)(H,28,29,30). The normalized spacial score (nSPS) is 12.0. The van der Waals surface area contributed by atoms with E-state index in [2.05, 4.69) is 43.8 Å². The van der Waals surface area contributed by atoms with E-state index in [0.717, 1.165) is 38.8 Å². The summed E-state index contributed by atoms with van der Waals surface area (Å²) in [6, 6.07) is 12.1. The highest BCUT2D eigenvalue weighted by atomic mass is 35.5. The minimum Gasteiger partial charge on any atom is -0.391 e. The minimum atomic E-state index is -0.429. The van der Waals surface area contributed by atoms with Crippen molar-refractivity contribution in [2.24, 2.45) is 0 Å². The number of nitrogen functional groups attached to an aromatic ring is 1. The van der Waals surface area contributed by atoms with Crippen LogP contribution in [0, 0.1) is 13.8 Å². The van der Waals surface area contributed by atoms with E-state index in [1.807, 2.05) is 39.0 Å². The van der Waals surface area contributed by atoms with Crippen molar-refractivity contribution < 1.29 is 5.11 Å². The number of hydrogen-bond acceptors (Lipinski definition) is 7. The highest BCUT2D eigenvalue weighted by molar-refractivity contribution is 6.37. The van der Waals surface area contributed by atoms with Crippen LogP contribution in [-0.2, 0) is 0 Å². The molecule has 0 spiro atoms. The summed E-state index contributed by atoms with van der Waals surface area (Å²) in [5, 5.41) is 17.4. The molecule has 5 N–H and O–H groups in total. The van der Waals surface area contributed by atoms with E-state index < -0.39 is 6.10 Å². The molecule has 0 saturated heterocycles. The van der Waals surface area contributed by atoms with Gasteiger partial charge in [-0.3, -0.25) is 0 Å². The molecule has 0 radical (unpaired) electrons. The third-order valence-corrected chi connectivity index (χ3v) is 5.94. The Morgan fingerprint density at radius 2 is 1.82 bits per heavy atom. The van der Waals surface area contributed by atoms with Crippen molar-refractivity contribution in [3.63, 3.8) is 0 Å². The molecular formula is C25H27ClN6O. The molecule has 0 fully saturated rings. The van der Waals surface area contributed by atoms with Gasteiger partial charge >= 0.3 is 0 Å². The van der Waals surface area contributed by atoms with E-state index >= 15 is 0 Å². The minimum absolute atomic E-state index is 0.276. The maximum Gasteiger partial charge on any atom is 0.222 e. The Kier molecular flexibility index (Phi) is 6.62. The van der Waals surface area contributed by atoms with Gasteiger partial charge < -0.3 is 21.5 Å². The lowest BCUT2D eigenvalue weighted by atomic mass is 10.0. The molecule has 170 valence electrons. The van der Waals surface area contributed by atoms with E-state index in [9.17, 15) is 5.11 Å². The molecule has 0 amide bonds. The zero-order valence-electron chi connectivity index (χ0n) is 18.9. The zero-order valence-corrected chi connectivity index (χ0v) is 19.6. The Bertz CT molecular complexity index is 1290. The molecule has 2 aromatic carbocycles. The van der Waals surface area contributed by atoms with Crippen LogP contribution >= 0.6 is 11.6 Å². The fraction of sp³-hybridized carbons (Fsp3) is 0.240. The van der Waals surface area contributed by atoms with E-state index in [1.165, 1.54) is 0 Å². The van der Waals surface area contributed by atoms with Gasteiger partial charge in [0.1, 0.15) is 10.8 Å². The first-order valence-electron chi connectivity index (χ1n) is 10.8. The first-order valence-corrected chi connectivity index (χ1v) is 11.2. The summed E-state index contributed by atoms with van der Waals surface area (Å²) in [7, 11) is 0. The summed E-state index contributed by atoms with van der Waals surface area (Å²) in [5.74, 6) is 0.750. The van der Waals surface area contributed by atoms with Crippen LogP contribution in [0.1, 0.15) is 24.5 Å². The van der Waals surface area contributed by atoms with E-state index in [-0.39, 0.29) is 5.82 Å². The van der Waals surface area contributed by atoms with Gasteiger partial charge in [-0.15, -0.1) is 0 Å². The van der Waals surface area contributed by atoms with Crippen LogP contribution in [0.15, 0.2) is 48.8 Å². The Balaban J connectivity index is 1.71. The predicted octanol–water partition coefficient (Wildman–Crippen LogP) is 5.47. The molecule has 2 heterocycles. The Labute approximate surface area is 198 Å². The number of aromatic nitrogens is 3. The molecule has 7 nitrogen and oxygen atoms in total. The highest BCUT2D eigenvalue weighted by Crippen LogP contribution is 2.38. The maximum absolute atomic E-state index is 9.71. The zero-order chi connectivity index (χ0) is 23.5. The molecule has 0 aliphatic rings. The van der Waals surface area contributed by atoms with E-state index in [0.29, 0.717) is 29.6 Å². The molecule has 4 rings (SSSR count). The fourth-order valence-corrected chi connectivity index (χ4v) is 3.68. The van der Waals surface area contributed by atoms with Crippen molar-refractivity contribution in [3.05, 3.63) is 64.9 Å². The molecular weight excluding hydrogens is 436 g/mol. The third-order valence-electron chi connectivity index (χ3n) is 5.56. The van der Waals surface area contributed by atoms with E-state index in [1.54, 1.807) is 12.4 Å². The van der Waals surface area contributed by atoms with Crippen molar-refractivity contribution in [2.45, 2.75) is 33.3 Å². The van der Waals surface area contributed by atoms with Crippen molar-refractivity contribution >= 4 is 45.6 Å². The number of aryl methyl sites for hydroxylation is 2. The number of hydrogen-bond donors (Lipinski definition) is 4. The third kappa shape index (κ3) is 4.99. The van der Waals surface area contributed by atoms with Crippen LogP contribution in [0.5, 0.6) is 0 Å². The predicted molar refractivity (Wildman–Crippen MR) is 136 cm³/mol. The number of nitrogens with one attached hydrogen (secondary N) is 2. The molecule has 33 heavy (non-hydrogen) atoms. The number of nitrogens with two attached hydrogens (primary N) is 1. The monoisotopic (exact) mass is 462 g/mol. The van der Waals surface area contributed by atoms with Gasteiger partial charge in [0, 0.05) is 35.6 Å². The summed E-state index contributed by atoms with van der Waals surface area (Å²) in [6.45, 7) is 6.42. The van der Waals surface area contributed by atoms with Gasteiger partial charge in [-0.25, -0.2) is 15.0 Å². The number of anilines is 4. The van der Waals surface area contributed by atoms with Crippen LogP contribution in [0.3, 0.4) is 0 Å². The number of nitrogens with zero attached hydrogens (tertiary/aromatic N) is 3. The smallest absolute Gasteiger partial charge is 0.222 e. The van der Waals surface area contributed by atoms with Gasteiger partial charge in [0.2, 0.25) is 5.95 Å². The average Bonchev–Trinajstić information content (AvgIpc) is 2.82. The van der Waals surface area contributed by atoms with Gasteiger partial charge in [0.15, 0.2) is 0 Å². The number of pyridine rings is 1. The second-order valence-corrected chi connectivity index (χ2v) is 8.48. The number of aliphatic hydroxyl groups is 1. The quantitative estimate of drug-likeness (QED) is 0.288. The van der Waals surface area contributed by atoms with Crippen LogP contribution in [0.4, 0.5) is 23.1 Å². The largest absolute Gasteiger partial charge is 0.391 e. The molecule has 4 aromatic rings. The lowest BCUT2D eigenvalue weighted by Crippen LogP contribution is -2.19. The number of benzene rings is 2. The molecule has 1 unspecified atom stereocenters. The Morgan fingerprint density at radius 1 is 1.06 bits per heavy atom. The molecule has 8 heteroatoms. The second-order valence-electron chi connectivity index (χ2n) is 8.10. The summed E-state index contributed by atoms with van der Waals surface area (Å²) in [4.78, 5) is 13.2. The summed E-state index contributed by atoms with van der Waals surface area (Å²) < 4.78 is 0. The maximum atomic E-state index is 9.71. The first-order chi connectivity index (χ1) is 15.9. The number of fused-ring (bicyclic) bond motifs is 1. The van der Waals surface area contributed by atoms with Crippen molar-refractivity contribution in [1.29, 1.82) is 0 Å². The Morgan fingerprint density at radius 3 is 2.55 bits per heavy atom. The van der Waals surface area contributed by atoms with Crippen molar-refractivity contribution in [2.75, 3.05) is 22.9 Å². The summed E-state index contributed by atoms with van der Waals surface area (Å²) in [5.41, 5.74) is 12.5. The van der Waals surface area contributed by atoms with Crippen LogP contribution < -0.4 is 16.4 Å². The van der Waals surface area contributed by atoms with Crippen LogP contribution in [0.2, 0.25) is 5.02 Å². The lowest BCUT2D eigenvalue weighted by molar-refractivity contribution is 0.183. The van der Waals surface area contributed by atoms with Gasteiger partial charge in [-0.1, -0.05) is 36.7 Å². The number of aliphatic hydroxyl groups excluding tert-OH is 1. The average molecular weight is 463 g/mol. The lowest BCUT2D eigenvalue weighted by Gasteiger charge is -2.16. The molecule has 0 bridgehead atoms. The van der Waals surface area contributed by atoms with Crippen LogP contribution in [0.25, 0.3) is 22.0 Å². The molecule has 0 aliphatic heterocycles. The topological polar surface area (TPSA) is 109 Å². The molecule has 0 aliphatic carbocycles. The fourth-order valence-electron chi connectivity index (χ4n) is 3.49. The number of halogens is 1. The van der Waals surface area contributed by atoms with Gasteiger partial charge in [0.05, 0.1) is 17.3 Å². The van der Waals surface area contributed by atoms with E-state index in [4.69, 9.17) is 17.3 Å². The van der Waals surface area contributed by atoms with Crippen molar-refractivity contribution in [1.82, 2.24) is 15.0 Å². The first kappa shape index (κ1) is 22.8. The summed E-state index contributed by atoms with van der Waals surface area (Å²) in [6.07, 6.45) is 3.74. The van der Waals surface area contributed by atoms with Crippen LogP contribution in [-0.4, -0.2) is 32.7 Å². The summed E-state index contributed by atoms with van der Waals surface area (Å²) >= 11 is 6.60. The SMILES string of the molecule is CCC(O)CNc1ncc(-c2ccc3nc(N)c(Cl)c(Nc4cc(C)ccc4C)c3c2)cn1. The van der Waals surface area contributed by atoms with Gasteiger partial charge in [-0.05, 0) is 55.2 Å². The molecule has 1 atom stereocenters.